The van der Waals surface area contributed by atoms with Crippen molar-refractivity contribution in [3.8, 4) is 0 Å². The maximum atomic E-state index is 6.34. The molecule has 1 spiro atoms. The second kappa shape index (κ2) is 7.43. The number of nitrogens with zero attached hydrogens (tertiary/aromatic N) is 1. The van der Waals surface area contributed by atoms with Crippen molar-refractivity contribution >= 4 is 35.6 Å². The van der Waals surface area contributed by atoms with Gasteiger partial charge in [0.1, 0.15) is 0 Å². The number of rotatable bonds is 4. The van der Waals surface area contributed by atoms with E-state index in [1.165, 1.54) is 30.4 Å². The number of benzene rings is 1. The van der Waals surface area contributed by atoms with Gasteiger partial charge in [0.2, 0.25) is 0 Å². The molecule has 5 heteroatoms. The molecule has 0 amide bonds. The summed E-state index contributed by atoms with van der Waals surface area (Å²) in [5, 5.41) is 3.43. The van der Waals surface area contributed by atoms with Gasteiger partial charge in [-0.25, -0.2) is 4.99 Å². The van der Waals surface area contributed by atoms with Crippen LogP contribution < -0.4 is 11.1 Å². The Balaban J connectivity index is 0.00000182. The number of nitrogens with one attached hydrogen (secondary N) is 1. The number of aryl methyl sites for hydroxylation is 2. The van der Waals surface area contributed by atoms with Crippen LogP contribution in [0.1, 0.15) is 50.7 Å². The molecule has 3 fully saturated rings. The lowest BCUT2D eigenvalue weighted by atomic mass is 9.46. The van der Waals surface area contributed by atoms with E-state index in [9.17, 15) is 0 Å². The minimum absolute atomic E-state index is 0. The number of anilines is 1. The predicted octanol–water partition coefficient (Wildman–Crippen LogP) is 4.11. The molecule has 3 atom stereocenters. The SMILES string of the molecule is CCc1cccc(CC)c1NC(N)=NC1C2CCOC2C12CCC2.I. The lowest BCUT2D eigenvalue weighted by molar-refractivity contribution is -0.164. The van der Waals surface area contributed by atoms with Gasteiger partial charge in [-0.1, -0.05) is 38.5 Å². The molecule has 1 saturated heterocycles. The van der Waals surface area contributed by atoms with Crippen LogP contribution in [-0.4, -0.2) is 24.7 Å². The Morgan fingerprint density at radius 2 is 1.96 bits per heavy atom. The Bertz CT molecular complexity index is 634. The van der Waals surface area contributed by atoms with Crippen molar-refractivity contribution in [3.63, 3.8) is 0 Å². The Hall–Kier alpha value is -0.820. The lowest BCUT2D eigenvalue weighted by Crippen LogP contribution is -2.65. The first-order chi connectivity index (χ1) is 11.7. The van der Waals surface area contributed by atoms with E-state index in [0.29, 0.717) is 29.4 Å². The zero-order chi connectivity index (χ0) is 16.7. The fourth-order valence-corrected chi connectivity index (χ4v) is 5.10. The van der Waals surface area contributed by atoms with Crippen LogP contribution in [0, 0.1) is 11.3 Å². The number of guanidine groups is 1. The minimum Gasteiger partial charge on any atom is -0.377 e. The summed E-state index contributed by atoms with van der Waals surface area (Å²) in [6, 6.07) is 6.83. The molecule has 3 aliphatic rings. The van der Waals surface area contributed by atoms with Crippen LogP contribution in [0.25, 0.3) is 0 Å². The summed E-state index contributed by atoms with van der Waals surface area (Å²) in [7, 11) is 0. The fourth-order valence-electron chi connectivity index (χ4n) is 5.10. The van der Waals surface area contributed by atoms with Gasteiger partial charge in [-0.3, -0.25) is 0 Å². The van der Waals surface area contributed by atoms with Crippen molar-refractivity contribution in [2.45, 2.75) is 64.5 Å². The zero-order valence-electron chi connectivity index (χ0n) is 15.3. The van der Waals surface area contributed by atoms with Crippen LogP contribution in [0.4, 0.5) is 5.69 Å². The van der Waals surface area contributed by atoms with Crippen molar-refractivity contribution in [2.75, 3.05) is 11.9 Å². The van der Waals surface area contributed by atoms with Gasteiger partial charge in [-0.05, 0) is 43.2 Å². The van der Waals surface area contributed by atoms with E-state index in [2.05, 4.69) is 37.4 Å². The molecule has 1 aliphatic heterocycles. The van der Waals surface area contributed by atoms with E-state index in [0.717, 1.165) is 31.6 Å². The quantitative estimate of drug-likeness (QED) is 0.408. The number of nitrogens with two attached hydrogens (primary N) is 1. The molecule has 0 radical (unpaired) electrons. The molecule has 1 heterocycles. The van der Waals surface area contributed by atoms with E-state index in [-0.39, 0.29) is 24.0 Å². The van der Waals surface area contributed by atoms with Gasteiger partial charge in [0, 0.05) is 23.6 Å². The Morgan fingerprint density at radius 3 is 2.52 bits per heavy atom. The summed E-state index contributed by atoms with van der Waals surface area (Å²) in [6.45, 7) is 5.27. The molecule has 25 heavy (non-hydrogen) atoms. The maximum absolute atomic E-state index is 6.34. The van der Waals surface area contributed by atoms with Crippen molar-refractivity contribution in [1.82, 2.24) is 0 Å². The van der Waals surface area contributed by atoms with Gasteiger partial charge in [-0.2, -0.15) is 0 Å². The molecule has 0 bridgehead atoms. The standard InChI is InChI=1S/C20H29N3O.HI/c1-3-13-7-5-8-14(4-2)16(13)22-19(21)23-17-15-9-12-24-18(15)20(17)10-6-11-20;/h5,7-8,15,17-18H,3-4,6,9-12H2,1-2H3,(H3,21,22,23);1H. The number of aliphatic imine (C=N–C) groups is 1. The van der Waals surface area contributed by atoms with Gasteiger partial charge in [0.25, 0.3) is 0 Å². The second-order valence-electron chi connectivity index (χ2n) is 7.57. The topological polar surface area (TPSA) is 59.6 Å². The van der Waals surface area contributed by atoms with Gasteiger partial charge in [-0.15, -0.1) is 24.0 Å². The summed E-state index contributed by atoms with van der Waals surface area (Å²) in [6.07, 6.45) is 7.39. The second-order valence-corrected chi connectivity index (χ2v) is 7.57. The number of halogens is 1. The van der Waals surface area contributed by atoms with Crippen molar-refractivity contribution < 1.29 is 4.74 Å². The molecule has 1 aromatic carbocycles. The number of ether oxygens (including phenoxy) is 1. The third-order valence-corrected chi connectivity index (χ3v) is 6.51. The van der Waals surface area contributed by atoms with E-state index in [4.69, 9.17) is 15.5 Å². The average Bonchev–Trinajstić information content (AvgIpc) is 2.96. The Morgan fingerprint density at radius 1 is 1.28 bits per heavy atom. The number of hydrogen-bond donors (Lipinski definition) is 2. The Kier molecular flexibility index (Phi) is 5.63. The molecule has 2 aliphatic carbocycles. The van der Waals surface area contributed by atoms with Crippen LogP contribution in [0.3, 0.4) is 0 Å². The molecule has 1 aromatic rings. The first-order valence-electron chi connectivity index (χ1n) is 9.52. The monoisotopic (exact) mass is 455 g/mol. The van der Waals surface area contributed by atoms with Gasteiger partial charge in [0.15, 0.2) is 5.96 Å². The van der Waals surface area contributed by atoms with Crippen molar-refractivity contribution in [3.05, 3.63) is 29.3 Å². The smallest absolute Gasteiger partial charge is 0.193 e. The van der Waals surface area contributed by atoms with Gasteiger partial charge in [0.05, 0.1) is 12.1 Å². The van der Waals surface area contributed by atoms with Gasteiger partial charge < -0.3 is 15.8 Å². The number of para-hydroxylation sites is 1. The highest BCUT2D eigenvalue weighted by molar-refractivity contribution is 14.0. The Labute approximate surface area is 168 Å². The first-order valence-corrected chi connectivity index (χ1v) is 9.52. The van der Waals surface area contributed by atoms with E-state index >= 15 is 0 Å². The highest BCUT2D eigenvalue weighted by Crippen LogP contribution is 2.64. The summed E-state index contributed by atoms with van der Waals surface area (Å²) >= 11 is 0. The van der Waals surface area contributed by atoms with E-state index < -0.39 is 0 Å². The number of hydrogen-bond acceptors (Lipinski definition) is 2. The molecule has 3 unspecified atom stereocenters. The molecule has 0 aromatic heterocycles. The zero-order valence-corrected chi connectivity index (χ0v) is 17.6. The minimum atomic E-state index is 0. The third kappa shape index (κ3) is 2.97. The molecule has 2 saturated carbocycles. The fraction of sp³-hybridized carbons (Fsp3) is 0.650. The van der Waals surface area contributed by atoms with E-state index in [1.807, 2.05) is 0 Å². The first kappa shape index (κ1) is 19.0. The molecule has 3 N–H and O–H groups in total. The summed E-state index contributed by atoms with van der Waals surface area (Å²) < 4.78 is 5.98. The number of fused-ring (bicyclic) bond motifs is 2. The van der Waals surface area contributed by atoms with Crippen molar-refractivity contribution in [1.29, 1.82) is 0 Å². The largest absolute Gasteiger partial charge is 0.377 e. The van der Waals surface area contributed by atoms with Crippen LogP contribution in [-0.2, 0) is 17.6 Å². The highest BCUT2D eigenvalue weighted by atomic mass is 127. The molecule has 4 rings (SSSR count). The molecular weight excluding hydrogens is 425 g/mol. The third-order valence-electron chi connectivity index (χ3n) is 6.51. The molecular formula is C20H30IN3O. The maximum Gasteiger partial charge on any atom is 0.193 e. The van der Waals surface area contributed by atoms with Crippen LogP contribution >= 0.6 is 24.0 Å². The molecule has 138 valence electrons. The van der Waals surface area contributed by atoms with Gasteiger partial charge >= 0.3 is 0 Å². The summed E-state index contributed by atoms with van der Waals surface area (Å²) in [5.74, 6) is 1.16. The van der Waals surface area contributed by atoms with Crippen molar-refractivity contribution in [2.24, 2.45) is 22.1 Å². The molecule has 4 nitrogen and oxygen atoms in total. The average molecular weight is 455 g/mol. The highest BCUT2D eigenvalue weighted by Gasteiger charge is 2.66. The lowest BCUT2D eigenvalue weighted by Gasteiger charge is -2.61. The van der Waals surface area contributed by atoms with E-state index in [1.54, 1.807) is 0 Å². The summed E-state index contributed by atoms with van der Waals surface area (Å²) in [5.41, 5.74) is 10.4. The van der Waals surface area contributed by atoms with Crippen LogP contribution in [0.5, 0.6) is 0 Å². The van der Waals surface area contributed by atoms with Crippen LogP contribution in [0.2, 0.25) is 0 Å². The normalized spacial score (nSPS) is 29.4. The van der Waals surface area contributed by atoms with Crippen LogP contribution in [0.15, 0.2) is 23.2 Å². The predicted molar refractivity (Wildman–Crippen MR) is 114 cm³/mol. The summed E-state index contributed by atoms with van der Waals surface area (Å²) in [4.78, 5) is 4.95.